The van der Waals surface area contributed by atoms with Gasteiger partial charge in [0.2, 0.25) is 5.91 Å². The van der Waals surface area contributed by atoms with Crippen molar-refractivity contribution < 1.29 is 19.5 Å². The molecule has 102 valence electrons. The Hall–Kier alpha value is -1.96. The van der Waals surface area contributed by atoms with Gasteiger partial charge in [-0.2, -0.15) is 0 Å². The van der Waals surface area contributed by atoms with Gasteiger partial charge in [-0.3, -0.25) is 19.7 Å². The van der Waals surface area contributed by atoms with Crippen LogP contribution in [0, 0.1) is 0 Å². The molecule has 0 aliphatic carbocycles. The topological polar surface area (TPSA) is 99.6 Å². The predicted molar refractivity (Wildman–Crippen MR) is 68.0 cm³/mol. The Morgan fingerprint density at radius 1 is 1.58 bits per heavy atom. The van der Waals surface area contributed by atoms with Gasteiger partial charge in [-0.1, -0.05) is 0 Å². The lowest BCUT2D eigenvalue weighted by Gasteiger charge is -2.39. The van der Waals surface area contributed by atoms with E-state index in [0.717, 1.165) is 0 Å². The SMILES string of the molecule is CC1(C)C(=O)NC(=O)CN1c1nc(CC(=O)O)cs1. The lowest BCUT2D eigenvalue weighted by molar-refractivity contribution is -0.137. The van der Waals surface area contributed by atoms with Crippen LogP contribution in [0.2, 0.25) is 0 Å². The number of amides is 2. The van der Waals surface area contributed by atoms with E-state index in [1.807, 2.05) is 0 Å². The zero-order valence-electron chi connectivity index (χ0n) is 10.5. The van der Waals surface area contributed by atoms with Crippen LogP contribution in [0.1, 0.15) is 19.5 Å². The molecule has 1 aliphatic rings. The fourth-order valence-electron chi connectivity index (χ4n) is 1.75. The van der Waals surface area contributed by atoms with E-state index in [4.69, 9.17) is 5.11 Å². The molecule has 0 aromatic carbocycles. The van der Waals surface area contributed by atoms with Crippen LogP contribution >= 0.6 is 11.3 Å². The zero-order valence-corrected chi connectivity index (χ0v) is 11.3. The molecule has 1 fully saturated rings. The third-order valence-corrected chi connectivity index (χ3v) is 3.80. The molecule has 0 radical (unpaired) electrons. The average Bonchev–Trinajstić information content (AvgIpc) is 2.71. The summed E-state index contributed by atoms with van der Waals surface area (Å²) < 4.78 is 0. The molecule has 1 aliphatic heterocycles. The Morgan fingerprint density at radius 3 is 2.89 bits per heavy atom. The van der Waals surface area contributed by atoms with E-state index in [1.54, 1.807) is 24.1 Å². The first-order valence-corrected chi connectivity index (χ1v) is 6.47. The molecule has 1 saturated heterocycles. The predicted octanol–water partition coefficient (Wildman–Crippen LogP) is 0.0116. The Bertz CT molecular complexity index is 552. The van der Waals surface area contributed by atoms with E-state index >= 15 is 0 Å². The Kier molecular flexibility index (Phi) is 3.27. The van der Waals surface area contributed by atoms with Crippen LogP contribution in [0.25, 0.3) is 0 Å². The summed E-state index contributed by atoms with van der Waals surface area (Å²) in [5.74, 6) is -1.75. The molecular weight excluding hydrogens is 270 g/mol. The minimum Gasteiger partial charge on any atom is -0.481 e. The van der Waals surface area contributed by atoms with Gasteiger partial charge >= 0.3 is 5.97 Å². The molecule has 8 heteroatoms. The van der Waals surface area contributed by atoms with E-state index in [9.17, 15) is 14.4 Å². The molecule has 7 nitrogen and oxygen atoms in total. The smallest absolute Gasteiger partial charge is 0.309 e. The molecule has 0 spiro atoms. The standard InChI is InChI=1S/C11H13N3O4S/c1-11(2)9(18)13-7(15)4-14(11)10-12-6(5-19-10)3-8(16)17/h5H,3-4H2,1-2H3,(H,16,17)(H,13,15,18). The maximum absolute atomic E-state index is 11.8. The number of carboxylic acid groups (broad SMARTS) is 1. The summed E-state index contributed by atoms with van der Waals surface area (Å²) in [6, 6.07) is 0. The summed E-state index contributed by atoms with van der Waals surface area (Å²) in [5, 5.41) is 13.1. The largest absolute Gasteiger partial charge is 0.481 e. The summed E-state index contributed by atoms with van der Waals surface area (Å²) >= 11 is 1.22. The van der Waals surface area contributed by atoms with Gasteiger partial charge in [-0.25, -0.2) is 4.98 Å². The zero-order chi connectivity index (χ0) is 14.2. The molecule has 2 heterocycles. The van der Waals surface area contributed by atoms with Gasteiger partial charge in [0.25, 0.3) is 5.91 Å². The van der Waals surface area contributed by atoms with Crippen LogP contribution < -0.4 is 10.2 Å². The number of hydrogen-bond donors (Lipinski definition) is 2. The van der Waals surface area contributed by atoms with Crippen molar-refractivity contribution in [1.82, 2.24) is 10.3 Å². The van der Waals surface area contributed by atoms with Gasteiger partial charge in [-0.15, -0.1) is 11.3 Å². The van der Waals surface area contributed by atoms with E-state index < -0.39 is 17.4 Å². The molecule has 2 amide bonds. The molecule has 1 aromatic rings. The molecule has 0 bridgehead atoms. The molecule has 0 saturated carbocycles. The average molecular weight is 283 g/mol. The lowest BCUT2D eigenvalue weighted by Crippen LogP contribution is -2.64. The monoisotopic (exact) mass is 283 g/mol. The van der Waals surface area contributed by atoms with Crippen LogP contribution in [0.3, 0.4) is 0 Å². The number of carboxylic acids is 1. The third kappa shape index (κ3) is 2.58. The van der Waals surface area contributed by atoms with E-state index in [1.165, 1.54) is 11.3 Å². The molecule has 2 rings (SSSR count). The summed E-state index contributed by atoms with van der Waals surface area (Å²) in [6.07, 6.45) is -0.176. The van der Waals surface area contributed by atoms with Crippen molar-refractivity contribution in [2.45, 2.75) is 25.8 Å². The number of rotatable bonds is 3. The number of carbonyl (C=O) groups excluding carboxylic acids is 2. The number of nitrogens with one attached hydrogen (secondary N) is 1. The summed E-state index contributed by atoms with van der Waals surface area (Å²) in [7, 11) is 0. The highest BCUT2D eigenvalue weighted by atomic mass is 32.1. The Balaban J connectivity index is 2.28. The summed E-state index contributed by atoms with van der Waals surface area (Å²) in [6.45, 7) is 3.40. The van der Waals surface area contributed by atoms with Gasteiger partial charge in [0.1, 0.15) is 12.1 Å². The van der Waals surface area contributed by atoms with Crippen LogP contribution in [0.4, 0.5) is 5.13 Å². The minimum absolute atomic E-state index is 0.0266. The van der Waals surface area contributed by atoms with Crippen molar-refractivity contribution in [2.24, 2.45) is 0 Å². The quantitative estimate of drug-likeness (QED) is 0.758. The number of nitrogens with zero attached hydrogens (tertiary/aromatic N) is 2. The number of thiazole rings is 1. The first kappa shape index (κ1) is 13.5. The van der Waals surface area contributed by atoms with Gasteiger partial charge in [0.15, 0.2) is 5.13 Å². The normalized spacial score (nSPS) is 18.3. The number of anilines is 1. The number of hydrogen-bond acceptors (Lipinski definition) is 6. The van der Waals surface area contributed by atoms with Crippen molar-refractivity contribution in [3.63, 3.8) is 0 Å². The molecule has 1 aromatic heterocycles. The van der Waals surface area contributed by atoms with Crippen LogP contribution in [-0.4, -0.2) is 40.0 Å². The number of imide groups is 1. The Morgan fingerprint density at radius 2 is 2.26 bits per heavy atom. The first-order valence-electron chi connectivity index (χ1n) is 5.59. The van der Waals surface area contributed by atoms with Crippen molar-refractivity contribution in [1.29, 1.82) is 0 Å². The number of piperazine rings is 1. The third-order valence-electron chi connectivity index (χ3n) is 2.89. The van der Waals surface area contributed by atoms with Gasteiger partial charge in [0.05, 0.1) is 12.1 Å². The molecular formula is C11H13N3O4S. The molecule has 0 unspecified atom stereocenters. The highest BCUT2D eigenvalue weighted by Crippen LogP contribution is 2.29. The van der Waals surface area contributed by atoms with Crippen molar-refractivity contribution >= 4 is 34.3 Å². The fourth-order valence-corrected chi connectivity index (χ4v) is 2.71. The summed E-state index contributed by atoms with van der Waals surface area (Å²) in [5.41, 5.74) is -0.478. The highest BCUT2D eigenvalue weighted by Gasteiger charge is 2.42. The maximum atomic E-state index is 11.8. The van der Waals surface area contributed by atoms with Gasteiger partial charge in [0, 0.05) is 5.38 Å². The lowest BCUT2D eigenvalue weighted by atomic mass is 10.00. The Labute approximate surface area is 113 Å². The first-order chi connectivity index (χ1) is 8.80. The van der Waals surface area contributed by atoms with Crippen LogP contribution in [0.5, 0.6) is 0 Å². The van der Waals surface area contributed by atoms with E-state index in [-0.39, 0.29) is 18.9 Å². The van der Waals surface area contributed by atoms with Crippen molar-refractivity contribution in [3.8, 4) is 0 Å². The molecule has 0 atom stereocenters. The maximum Gasteiger partial charge on any atom is 0.309 e. The van der Waals surface area contributed by atoms with Crippen molar-refractivity contribution in [3.05, 3.63) is 11.1 Å². The second-order valence-corrected chi connectivity index (χ2v) is 5.55. The fraction of sp³-hybridized carbons (Fsp3) is 0.455. The molecule has 19 heavy (non-hydrogen) atoms. The molecule has 2 N–H and O–H groups in total. The van der Waals surface area contributed by atoms with E-state index in [0.29, 0.717) is 10.8 Å². The second-order valence-electron chi connectivity index (χ2n) is 4.71. The minimum atomic E-state index is -0.969. The summed E-state index contributed by atoms with van der Waals surface area (Å²) in [4.78, 5) is 39.6. The number of carbonyl (C=O) groups is 3. The van der Waals surface area contributed by atoms with Crippen LogP contribution in [0.15, 0.2) is 5.38 Å². The number of aromatic nitrogens is 1. The van der Waals surface area contributed by atoms with E-state index in [2.05, 4.69) is 10.3 Å². The van der Waals surface area contributed by atoms with Crippen LogP contribution in [-0.2, 0) is 20.8 Å². The number of aliphatic carboxylic acids is 1. The highest BCUT2D eigenvalue weighted by molar-refractivity contribution is 7.13. The van der Waals surface area contributed by atoms with Gasteiger partial charge < -0.3 is 10.0 Å². The van der Waals surface area contributed by atoms with Crippen molar-refractivity contribution in [2.75, 3.05) is 11.4 Å². The second kappa shape index (κ2) is 4.61. The van der Waals surface area contributed by atoms with Gasteiger partial charge in [-0.05, 0) is 13.8 Å².